The third-order valence-electron chi connectivity index (χ3n) is 3.70. The van der Waals surface area contributed by atoms with Gasteiger partial charge in [0.05, 0.1) is 12.6 Å². The van der Waals surface area contributed by atoms with E-state index in [1.54, 1.807) is 0 Å². The Hall–Kier alpha value is -1.51. The normalized spacial score (nSPS) is 12.2. The van der Waals surface area contributed by atoms with E-state index in [1.165, 1.54) is 0 Å². The number of nitrogens with zero attached hydrogens (tertiary/aromatic N) is 1. The van der Waals surface area contributed by atoms with E-state index in [0.29, 0.717) is 0 Å². The number of hydrogen-bond donors (Lipinski definition) is 1. The summed E-state index contributed by atoms with van der Waals surface area (Å²) in [5.74, 6) is 0. The average molecular weight is 290 g/mol. The Balaban J connectivity index is 2.33. The van der Waals surface area contributed by atoms with Crippen LogP contribution in [-0.2, 0) is 6.61 Å². The summed E-state index contributed by atoms with van der Waals surface area (Å²) in [6.07, 6.45) is 0. The van der Waals surface area contributed by atoms with Gasteiger partial charge >= 0.3 is 0 Å². The van der Waals surface area contributed by atoms with E-state index < -0.39 is 0 Å². The van der Waals surface area contributed by atoms with Crippen LogP contribution in [0.1, 0.15) is 29.7 Å². The minimum absolute atomic E-state index is 0.0453. The van der Waals surface area contributed by atoms with Crippen LogP contribution in [0.2, 0.25) is 5.02 Å². The van der Waals surface area contributed by atoms with Gasteiger partial charge in [0.15, 0.2) is 0 Å². The van der Waals surface area contributed by atoms with Crippen LogP contribution in [0.25, 0.3) is 0 Å². The SMILES string of the molecule is Cc1ccc(N(C)C(C)c2cccc(Cl)c2)c(CO)c1. The van der Waals surface area contributed by atoms with Crippen LogP contribution < -0.4 is 4.90 Å². The first-order chi connectivity index (χ1) is 9.52. The Labute approximate surface area is 125 Å². The van der Waals surface area contributed by atoms with Crippen molar-refractivity contribution in [2.75, 3.05) is 11.9 Å². The van der Waals surface area contributed by atoms with Crippen LogP contribution >= 0.6 is 11.6 Å². The number of halogens is 1. The first kappa shape index (κ1) is 14.9. The molecule has 2 aromatic carbocycles. The fraction of sp³-hybridized carbons (Fsp3) is 0.294. The largest absolute Gasteiger partial charge is 0.392 e. The molecule has 0 aliphatic rings. The predicted molar refractivity (Wildman–Crippen MR) is 85.4 cm³/mol. The molecule has 0 fully saturated rings. The molecule has 0 aliphatic heterocycles. The third-order valence-corrected chi connectivity index (χ3v) is 3.93. The van der Waals surface area contributed by atoms with Crippen molar-refractivity contribution < 1.29 is 5.11 Å². The monoisotopic (exact) mass is 289 g/mol. The molecule has 0 radical (unpaired) electrons. The Morgan fingerprint density at radius 1 is 1.20 bits per heavy atom. The molecule has 3 heteroatoms. The lowest BCUT2D eigenvalue weighted by Crippen LogP contribution is -2.22. The third kappa shape index (κ3) is 3.14. The molecule has 2 aromatic rings. The molecule has 20 heavy (non-hydrogen) atoms. The van der Waals surface area contributed by atoms with Crippen molar-refractivity contribution in [2.45, 2.75) is 26.5 Å². The zero-order valence-electron chi connectivity index (χ0n) is 12.1. The van der Waals surface area contributed by atoms with Gasteiger partial charge in [-0.25, -0.2) is 0 Å². The summed E-state index contributed by atoms with van der Waals surface area (Å²) in [5, 5.41) is 10.3. The van der Waals surface area contributed by atoms with Gasteiger partial charge < -0.3 is 10.0 Å². The van der Waals surface area contributed by atoms with E-state index in [9.17, 15) is 5.11 Å². The second kappa shape index (κ2) is 6.29. The molecule has 1 unspecified atom stereocenters. The predicted octanol–water partition coefficient (Wildman–Crippen LogP) is 4.34. The molecule has 1 N–H and O–H groups in total. The van der Waals surface area contributed by atoms with Gasteiger partial charge in [-0.2, -0.15) is 0 Å². The number of aliphatic hydroxyl groups is 1. The summed E-state index contributed by atoms with van der Waals surface area (Å²) >= 11 is 6.06. The molecule has 0 aliphatic carbocycles. The van der Waals surface area contributed by atoms with Gasteiger partial charge in [0, 0.05) is 23.3 Å². The summed E-state index contributed by atoms with van der Waals surface area (Å²) in [7, 11) is 2.04. The maximum atomic E-state index is 9.54. The zero-order chi connectivity index (χ0) is 14.7. The van der Waals surface area contributed by atoms with Crippen LogP contribution in [0.3, 0.4) is 0 Å². The lowest BCUT2D eigenvalue weighted by Gasteiger charge is -2.29. The average Bonchev–Trinajstić information content (AvgIpc) is 2.45. The molecular formula is C17H20ClNO. The number of aliphatic hydroxyl groups excluding tert-OH is 1. The molecule has 0 saturated carbocycles. The lowest BCUT2D eigenvalue weighted by atomic mass is 10.0. The van der Waals surface area contributed by atoms with Gasteiger partial charge in [-0.1, -0.05) is 41.4 Å². The number of hydrogen-bond acceptors (Lipinski definition) is 2. The highest BCUT2D eigenvalue weighted by atomic mass is 35.5. The highest BCUT2D eigenvalue weighted by Crippen LogP contribution is 2.29. The number of aryl methyl sites for hydroxylation is 1. The number of rotatable bonds is 4. The Kier molecular flexibility index (Phi) is 4.69. The first-order valence-electron chi connectivity index (χ1n) is 6.71. The van der Waals surface area contributed by atoms with Crippen molar-refractivity contribution in [3.8, 4) is 0 Å². The Bertz CT molecular complexity index is 597. The number of benzene rings is 2. The van der Waals surface area contributed by atoms with Crippen molar-refractivity contribution in [3.63, 3.8) is 0 Å². The quantitative estimate of drug-likeness (QED) is 0.905. The maximum Gasteiger partial charge on any atom is 0.0702 e. The molecule has 0 spiro atoms. The molecule has 0 aromatic heterocycles. The fourth-order valence-electron chi connectivity index (χ4n) is 2.38. The molecular weight excluding hydrogens is 270 g/mol. The molecule has 1 atom stereocenters. The standard InChI is InChI=1S/C17H20ClNO/c1-12-7-8-17(15(9-12)11-20)19(3)13(2)14-5-4-6-16(18)10-14/h4-10,13,20H,11H2,1-3H3. The van der Waals surface area contributed by atoms with E-state index >= 15 is 0 Å². The maximum absolute atomic E-state index is 9.54. The molecule has 0 amide bonds. The minimum atomic E-state index is 0.0453. The van der Waals surface area contributed by atoms with Crippen molar-refractivity contribution >= 4 is 17.3 Å². The van der Waals surface area contributed by atoms with Crippen LogP contribution in [0, 0.1) is 6.92 Å². The second-order valence-corrected chi connectivity index (χ2v) is 5.57. The number of anilines is 1. The summed E-state index contributed by atoms with van der Waals surface area (Å²) < 4.78 is 0. The topological polar surface area (TPSA) is 23.5 Å². The van der Waals surface area contributed by atoms with Crippen molar-refractivity contribution in [1.82, 2.24) is 0 Å². The summed E-state index contributed by atoms with van der Waals surface area (Å²) in [4.78, 5) is 2.16. The van der Waals surface area contributed by atoms with Crippen LogP contribution in [0.4, 0.5) is 5.69 Å². The molecule has 0 heterocycles. The smallest absolute Gasteiger partial charge is 0.0702 e. The van der Waals surface area contributed by atoms with E-state index in [2.05, 4.69) is 30.0 Å². The van der Waals surface area contributed by atoms with Crippen LogP contribution in [0.5, 0.6) is 0 Å². The van der Waals surface area contributed by atoms with Gasteiger partial charge in [0.2, 0.25) is 0 Å². The second-order valence-electron chi connectivity index (χ2n) is 5.13. The van der Waals surface area contributed by atoms with Crippen LogP contribution in [-0.4, -0.2) is 12.2 Å². The van der Waals surface area contributed by atoms with Gasteiger partial charge in [-0.3, -0.25) is 0 Å². The van der Waals surface area contributed by atoms with E-state index in [-0.39, 0.29) is 12.6 Å². The highest BCUT2D eigenvalue weighted by molar-refractivity contribution is 6.30. The molecule has 106 valence electrons. The summed E-state index contributed by atoms with van der Waals surface area (Å²) in [6.45, 7) is 4.21. The molecule has 2 nitrogen and oxygen atoms in total. The van der Waals surface area contributed by atoms with Crippen molar-refractivity contribution in [1.29, 1.82) is 0 Å². The van der Waals surface area contributed by atoms with E-state index in [4.69, 9.17) is 11.6 Å². The highest BCUT2D eigenvalue weighted by Gasteiger charge is 2.15. The zero-order valence-corrected chi connectivity index (χ0v) is 12.9. The van der Waals surface area contributed by atoms with Gasteiger partial charge in [-0.15, -0.1) is 0 Å². The van der Waals surface area contributed by atoms with Crippen molar-refractivity contribution in [2.24, 2.45) is 0 Å². The lowest BCUT2D eigenvalue weighted by molar-refractivity contribution is 0.282. The van der Waals surface area contributed by atoms with E-state index in [1.807, 2.05) is 38.2 Å². The van der Waals surface area contributed by atoms with Crippen molar-refractivity contribution in [3.05, 3.63) is 64.2 Å². The minimum Gasteiger partial charge on any atom is -0.392 e. The Morgan fingerprint density at radius 3 is 2.60 bits per heavy atom. The Morgan fingerprint density at radius 2 is 1.95 bits per heavy atom. The van der Waals surface area contributed by atoms with Gasteiger partial charge in [-0.05, 0) is 37.6 Å². The first-order valence-corrected chi connectivity index (χ1v) is 7.09. The summed E-state index contributed by atoms with van der Waals surface area (Å²) in [6, 6.07) is 14.2. The fourth-order valence-corrected chi connectivity index (χ4v) is 2.58. The molecule has 0 saturated heterocycles. The molecule has 0 bridgehead atoms. The summed E-state index contributed by atoms with van der Waals surface area (Å²) in [5.41, 5.74) is 4.30. The van der Waals surface area contributed by atoms with Gasteiger partial charge in [0.1, 0.15) is 0 Å². The molecule has 2 rings (SSSR count). The van der Waals surface area contributed by atoms with E-state index in [0.717, 1.165) is 27.4 Å². The van der Waals surface area contributed by atoms with Gasteiger partial charge in [0.25, 0.3) is 0 Å². The van der Waals surface area contributed by atoms with Crippen LogP contribution in [0.15, 0.2) is 42.5 Å².